The van der Waals surface area contributed by atoms with Crippen LogP contribution in [0.1, 0.15) is 12.8 Å². The van der Waals surface area contributed by atoms with E-state index in [0.717, 1.165) is 6.54 Å². The van der Waals surface area contributed by atoms with E-state index in [1.807, 2.05) is 0 Å². The summed E-state index contributed by atoms with van der Waals surface area (Å²) in [4.78, 5) is 11.2. The molecule has 0 aromatic rings. The third kappa shape index (κ3) is 2.60. The first kappa shape index (κ1) is 8.68. The number of Topliss-reactive ketones (excluding diaryl/α,β-unsaturated/α-hetero) is 1. The van der Waals surface area contributed by atoms with E-state index < -0.39 is 0 Å². The molecule has 1 aliphatic heterocycles. The van der Waals surface area contributed by atoms with Crippen molar-refractivity contribution in [3.05, 3.63) is 6.92 Å². The molecule has 1 aliphatic rings. The lowest BCUT2D eigenvalue weighted by Gasteiger charge is -2.22. The highest BCUT2D eigenvalue weighted by atomic mass is 16.5. The zero-order valence-electron chi connectivity index (χ0n) is 6.64. The van der Waals surface area contributed by atoms with E-state index in [-0.39, 0.29) is 11.9 Å². The number of morpholine rings is 1. The van der Waals surface area contributed by atoms with Crippen molar-refractivity contribution in [2.24, 2.45) is 0 Å². The van der Waals surface area contributed by atoms with Crippen molar-refractivity contribution in [3.63, 3.8) is 0 Å². The molecular formula is C8H14NO2. The number of rotatable bonds is 3. The van der Waals surface area contributed by atoms with Crippen molar-refractivity contribution in [1.82, 2.24) is 5.32 Å². The van der Waals surface area contributed by atoms with Crippen molar-refractivity contribution in [2.75, 3.05) is 19.7 Å². The van der Waals surface area contributed by atoms with Crippen LogP contribution in [0.25, 0.3) is 0 Å². The van der Waals surface area contributed by atoms with Crippen molar-refractivity contribution < 1.29 is 9.53 Å². The summed E-state index contributed by atoms with van der Waals surface area (Å²) in [5.41, 5.74) is 0. The minimum absolute atomic E-state index is 0.173. The maximum Gasteiger partial charge on any atom is 0.162 e. The zero-order chi connectivity index (χ0) is 8.10. The Kier molecular flexibility index (Phi) is 3.52. The fraction of sp³-hybridized carbons (Fsp3) is 0.750. The Bertz CT molecular complexity index is 130. The van der Waals surface area contributed by atoms with Gasteiger partial charge in [-0.15, -0.1) is 0 Å². The zero-order valence-corrected chi connectivity index (χ0v) is 6.64. The minimum Gasteiger partial charge on any atom is -0.368 e. The second-order valence-electron chi connectivity index (χ2n) is 2.63. The Morgan fingerprint density at radius 3 is 3.09 bits per heavy atom. The summed E-state index contributed by atoms with van der Waals surface area (Å²) < 4.78 is 5.25. The molecule has 0 aliphatic carbocycles. The lowest BCUT2D eigenvalue weighted by atomic mass is 10.1. The first-order valence-corrected chi connectivity index (χ1v) is 3.99. The maximum absolute atomic E-state index is 11.2. The normalized spacial score (nSPS) is 25.0. The highest BCUT2D eigenvalue weighted by Gasteiger charge is 2.19. The van der Waals surface area contributed by atoms with Gasteiger partial charge in [-0.1, -0.05) is 6.92 Å². The van der Waals surface area contributed by atoms with E-state index in [2.05, 4.69) is 12.2 Å². The molecule has 0 spiro atoms. The summed E-state index contributed by atoms with van der Waals surface area (Å²) in [6.07, 6.45) is 0.982. The second-order valence-corrected chi connectivity index (χ2v) is 2.63. The van der Waals surface area contributed by atoms with Crippen LogP contribution in [0, 0.1) is 6.92 Å². The number of nitrogens with one attached hydrogen (secondary N) is 1. The Labute approximate surface area is 67.1 Å². The van der Waals surface area contributed by atoms with Gasteiger partial charge in [-0.05, 0) is 6.42 Å². The topological polar surface area (TPSA) is 38.3 Å². The molecule has 0 bridgehead atoms. The van der Waals surface area contributed by atoms with Crippen LogP contribution < -0.4 is 5.32 Å². The molecular weight excluding hydrogens is 142 g/mol. The van der Waals surface area contributed by atoms with E-state index in [1.54, 1.807) is 0 Å². The van der Waals surface area contributed by atoms with Gasteiger partial charge in [0.1, 0.15) is 6.10 Å². The van der Waals surface area contributed by atoms with Crippen LogP contribution in [0.4, 0.5) is 0 Å². The van der Waals surface area contributed by atoms with Crippen LogP contribution in [-0.2, 0) is 9.53 Å². The fourth-order valence-corrected chi connectivity index (χ4v) is 1.11. The van der Waals surface area contributed by atoms with Crippen LogP contribution in [0.2, 0.25) is 0 Å². The van der Waals surface area contributed by atoms with Crippen molar-refractivity contribution in [3.8, 4) is 0 Å². The van der Waals surface area contributed by atoms with E-state index >= 15 is 0 Å². The van der Waals surface area contributed by atoms with E-state index in [4.69, 9.17) is 4.74 Å². The molecule has 3 heteroatoms. The van der Waals surface area contributed by atoms with E-state index in [0.29, 0.717) is 26.0 Å². The molecule has 1 radical (unpaired) electrons. The molecule has 0 aromatic heterocycles. The van der Waals surface area contributed by atoms with Gasteiger partial charge in [0.25, 0.3) is 0 Å². The highest BCUT2D eigenvalue weighted by Crippen LogP contribution is 2.01. The van der Waals surface area contributed by atoms with Gasteiger partial charge in [0, 0.05) is 19.5 Å². The second kappa shape index (κ2) is 4.46. The number of ether oxygens (including phenoxy) is 1. The van der Waals surface area contributed by atoms with Gasteiger partial charge >= 0.3 is 0 Å². The Balaban J connectivity index is 2.27. The van der Waals surface area contributed by atoms with Crippen molar-refractivity contribution in [1.29, 1.82) is 0 Å². The molecule has 1 atom stereocenters. The molecule has 1 saturated heterocycles. The van der Waals surface area contributed by atoms with E-state index in [1.165, 1.54) is 0 Å². The molecule has 1 rings (SSSR count). The van der Waals surface area contributed by atoms with Crippen LogP contribution in [0.5, 0.6) is 0 Å². The predicted molar refractivity (Wildman–Crippen MR) is 42.2 cm³/mol. The van der Waals surface area contributed by atoms with Crippen LogP contribution in [0.15, 0.2) is 0 Å². The molecule has 1 unspecified atom stereocenters. The summed E-state index contributed by atoms with van der Waals surface area (Å²) in [7, 11) is 0. The molecule has 0 saturated carbocycles. The maximum atomic E-state index is 11.2. The van der Waals surface area contributed by atoms with Gasteiger partial charge in [-0.25, -0.2) is 0 Å². The third-order valence-corrected chi connectivity index (χ3v) is 1.71. The van der Waals surface area contributed by atoms with Crippen LogP contribution >= 0.6 is 0 Å². The number of hydrogen-bond donors (Lipinski definition) is 1. The quantitative estimate of drug-likeness (QED) is 0.632. The van der Waals surface area contributed by atoms with Gasteiger partial charge in [-0.2, -0.15) is 0 Å². The fourth-order valence-electron chi connectivity index (χ4n) is 1.11. The van der Waals surface area contributed by atoms with Crippen molar-refractivity contribution in [2.45, 2.75) is 18.9 Å². The molecule has 63 valence electrons. The van der Waals surface area contributed by atoms with Gasteiger partial charge in [-0.3, -0.25) is 4.79 Å². The van der Waals surface area contributed by atoms with Crippen molar-refractivity contribution >= 4 is 5.78 Å². The van der Waals surface area contributed by atoms with Gasteiger partial charge < -0.3 is 10.1 Å². The monoisotopic (exact) mass is 156 g/mol. The first-order chi connectivity index (χ1) is 5.34. The molecule has 1 N–H and O–H groups in total. The average molecular weight is 156 g/mol. The highest BCUT2D eigenvalue weighted by molar-refractivity contribution is 5.83. The Morgan fingerprint density at radius 2 is 2.55 bits per heavy atom. The summed E-state index contributed by atoms with van der Waals surface area (Å²) in [5, 5.41) is 3.11. The predicted octanol–water partition coefficient (Wildman–Crippen LogP) is 0.158. The van der Waals surface area contributed by atoms with Gasteiger partial charge in [0.2, 0.25) is 0 Å². The molecule has 3 nitrogen and oxygen atoms in total. The van der Waals surface area contributed by atoms with Gasteiger partial charge in [0.05, 0.1) is 6.61 Å². The van der Waals surface area contributed by atoms with Crippen LogP contribution in [-0.4, -0.2) is 31.6 Å². The third-order valence-electron chi connectivity index (χ3n) is 1.71. The Hall–Kier alpha value is -0.410. The number of carbonyl (C=O) groups is 1. The molecule has 11 heavy (non-hydrogen) atoms. The largest absolute Gasteiger partial charge is 0.368 e. The first-order valence-electron chi connectivity index (χ1n) is 3.99. The lowest BCUT2D eigenvalue weighted by Crippen LogP contribution is -2.42. The SMILES string of the molecule is [CH2]CCC(=O)C1CNCCO1. The minimum atomic E-state index is -0.217. The molecule has 1 fully saturated rings. The summed E-state index contributed by atoms with van der Waals surface area (Å²) in [5.74, 6) is 0.173. The number of ketones is 1. The average Bonchev–Trinajstić information content (AvgIpc) is 2.07. The number of hydrogen-bond acceptors (Lipinski definition) is 3. The smallest absolute Gasteiger partial charge is 0.162 e. The number of carbonyl (C=O) groups excluding carboxylic acids is 1. The standard InChI is InChI=1S/C8H14NO2/c1-2-3-7(10)8-6-9-4-5-11-8/h8-9H,1-6H2. The lowest BCUT2D eigenvalue weighted by molar-refractivity contribution is -0.131. The molecule has 1 heterocycles. The summed E-state index contributed by atoms with van der Waals surface area (Å²) in [6, 6.07) is 0. The Morgan fingerprint density at radius 1 is 1.73 bits per heavy atom. The van der Waals surface area contributed by atoms with E-state index in [9.17, 15) is 4.79 Å². The molecule has 0 amide bonds. The van der Waals surface area contributed by atoms with Crippen LogP contribution in [0.3, 0.4) is 0 Å². The van der Waals surface area contributed by atoms with Gasteiger partial charge in [0.15, 0.2) is 5.78 Å². The summed E-state index contributed by atoms with van der Waals surface area (Å²) in [6.45, 7) is 5.79. The summed E-state index contributed by atoms with van der Waals surface area (Å²) >= 11 is 0. The molecule has 0 aromatic carbocycles.